The fourth-order valence-corrected chi connectivity index (χ4v) is 1.35. The van der Waals surface area contributed by atoms with Gasteiger partial charge in [-0.05, 0) is 33.2 Å². The van der Waals surface area contributed by atoms with E-state index in [2.05, 4.69) is 10.6 Å². The second-order valence-electron chi connectivity index (χ2n) is 4.67. The lowest BCUT2D eigenvalue weighted by molar-refractivity contribution is -0.120. The zero-order valence-corrected chi connectivity index (χ0v) is 10.4. The van der Waals surface area contributed by atoms with Crippen molar-refractivity contribution in [3.05, 3.63) is 0 Å². The number of urea groups is 1. The van der Waals surface area contributed by atoms with Gasteiger partial charge in [-0.3, -0.25) is 15.0 Å². The average Bonchev–Trinajstić information content (AvgIpc) is 2.97. The molecule has 3 amide bonds. The lowest BCUT2D eigenvalue weighted by Crippen LogP contribution is -2.44. The number of imide groups is 1. The molecule has 0 heterocycles. The number of rotatable bonds is 6. The van der Waals surface area contributed by atoms with Crippen molar-refractivity contribution in [3.63, 3.8) is 0 Å². The maximum Gasteiger partial charge on any atom is 0.321 e. The van der Waals surface area contributed by atoms with Gasteiger partial charge in [-0.25, -0.2) is 4.79 Å². The maximum atomic E-state index is 11.4. The zero-order valence-electron chi connectivity index (χ0n) is 10.4. The first kappa shape index (κ1) is 13.9. The Balaban J connectivity index is 2.11. The third-order valence-electron chi connectivity index (χ3n) is 2.51. The number of nitrogens with zero attached hydrogens (tertiary/aromatic N) is 1. The van der Waals surface area contributed by atoms with Gasteiger partial charge in [0.05, 0.1) is 12.6 Å². The topological polar surface area (TPSA) is 81.7 Å². The van der Waals surface area contributed by atoms with Gasteiger partial charge >= 0.3 is 6.03 Å². The number of aliphatic hydroxyl groups is 1. The highest BCUT2D eigenvalue weighted by Gasteiger charge is 2.23. The molecule has 1 aliphatic carbocycles. The molecule has 6 heteroatoms. The van der Waals surface area contributed by atoms with E-state index in [1.165, 1.54) is 0 Å². The quantitative estimate of drug-likeness (QED) is 0.597. The minimum Gasteiger partial charge on any atom is -0.393 e. The lowest BCUT2D eigenvalue weighted by Gasteiger charge is -2.16. The maximum absolute atomic E-state index is 11.4. The lowest BCUT2D eigenvalue weighted by atomic mass is 10.3. The van der Waals surface area contributed by atoms with Gasteiger partial charge in [-0.1, -0.05) is 0 Å². The fraction of sp³-hybridized carbons (Fsp3) is 0.818. The summed E-state index contributed by atoms with van der Waals surface area (Å²) >= 11 is 0. The van der Waals surface area contributed by atoms with E-state index < -0.39 is 6.03 Å². The molecule has 0 bridgehead atoms. The Hall–Kier alpha value is -1.14. The van der Waals surface area contributed by atoms with Crippen molar-refractivity contribution in [2.45, 2.75) is 38.3 Å². The fourth-order valence-electron chi connectivity index (χ4n) is 1.35. The van der Waals surface area contributed by atoms with Crippen LogP contribution in [0.3, 0.4) is 0 Å². The van der Waals surface area contributed by atoms with Crippen LogP contribution in [-0.4, -0.2) is 54.2 Å². The Morgan fingerprint density at radius 2 is 2.12 bits per heavy atom. The van der Waals surface area contributed by atoms with E-state index in [9.17, 15) is 9.59 Å². The summed E-state index contributed by atoms with van der Waals surface area (Å²) in [6.07, 6.45) is 2.22. The molecule has 0 aromatic heterocycles. The number of amides is 3. The van der Waals surface area contributed by atoms with E-state index in [1.54, 1.807) is 18.9 Å². The molecular weight excluding hydrogens is 222 g/mol. The second kappa shape index (κ2) is 6.56. The van der Waals surface area contributed by atoms with Crippen LogP contribution >= 0.6 is 0 Å². The normalized spacial score (nSPS) is 16.7. The predicted molar refractivity (Wildman–Crippen MR) is 63.5 cm³/mol. The Labute approximate surface area is 101 Å². The van der Waals surface area contributed by atoms with E-state index in [0.717, 1.165) is 12.8 Å². The summed E-state index contributed by atoms with van der Waals surface area (Å²) in [5.41, 5.74) is 0. The van der Waals surface area contributed by atoms with Crippen LogP contribution in [-0.2, 0) is 4.79 Å². The Morgan fingerprint density at radius 3 is 2.65 bits per heavy atom. The van der Waals surface area contributed by atoms with E-state index >= 15 is 0 Å². The standard InChI is InChI=1S/C11H21N3O3/c1-8(15)5-6-14(2)7-10(16)13-11(17)12-9-3-4-9/h8-9,15H,3-7H2,1-2H3,(H2,12,13,16,17). The largest absolute Gasteiger partial charge is 0.393 e. The SMILES string of the molecule is CC(O)CCN(C)CC(=O)NC(=O)NC1CC1. The van der Waals surface area contributed by atoms with Crippen LogP contribution in [0.2, 0.25) is 0 Å². The number of likely N-dealkylation sites (N-methyl/N-ethyl adjacent to an activating group) is 1. The molecule has 0 aromatic carbocycles. The molecule has 6 nitrogen and oxygen atoms in total. The molecule has 0 aliphatic heterocycles. The van der Waals surface area contributed by atoms with Crippen LogP contribution in [0.5, 0.6) is 0 Å². The van der Waals surface area contributed by atoms with Crippen LogP contribution in [0.4, 0.5) is 4.79 Å². The minimum atomic E-state index is -0.415. The summed E-state index contributed by atoms with van der Waals surface area (Å²) in [4.78, 5) is 24.5. The van der Waals surface area contributed by atoms with Gasteiger partial charge in [0.1, 0.15) is 0 Å². The van der Waals surface area contributed by atoms with E-state index in [1.807, 2.05) is 0 Å². The summed E-state index contributed by atoms with van der Waals surface area (Å²) in [7, 11) is 1.78. The number of carbonyl (C=O) groups excluding carboxylic acids is 2. The first-order valence-electron chi connectivity index (χ1n) is 5.94. The highest BCUT2D eigenvalue weighted by molar-refractivity contribution is 5.95. The number of hydrogen-bond donors (Lipinski definition) is 3. The Bertz CT molecular complexity index is 277. The summed E-state index contributed by atoms with van der Waals surface area (Å²) in [5, 5.41) is 14.1. The van der Waals surface area contributed by atoms with Crippen molar-refractivity contribution < 1.29 is 14.7 Å². The van der Waals surface area contributed by atoms with E-state index in [0.29, 0.717) is 13.0 Å². The van der Waals surface area contributed by atoms with Gasteiger partial charge in [0.25, 0.3) is 0 Å². The summed E-state index contributed by atoms with van der Waals surface area (Å²) < 4.78 is 0. The van der Waals surface area contributed by atoms with Crippen molar-refractivity contribution in [1.29, 1.82) is 0 Å². The highest BCUT2D eigenvalue weighted by Crippen LogP contribution is 2.18. The minimum absolute atomic E-state index is 0.158. The Kier molecular flexibility index (Phi) is 5.37. The third kappa shape index (κ3) is 6.91. The molecule has 1 atom stereocenters. The van der Waals surface area contributed by atoms with Gasteiger partial charge in [0.2, 0.25) is 5.91 Å². The van der Waals surface area contributed by atoms with Crippen molar-refractivity contribution >= 4 is 11.9 Å². The summed E-state index contributed by atoms with van der Waals surface area (Å²) in [5.74, 6) is -0.323. The van der Waals surface area contributed by atoms with Gasteiger partial charge in [-0.2, -0.15) is 0 Å². The molecule has 98 valence electrons. The number of nitrogens with one attached hydrogen (secondary N) is 2. The molecule has 0 saturated heterocycles. The first-order valence-corrected chi connectivity index (χ1v) is 5.94. The highest BCUT2D eigenvalue weighted by atomic mass is 16.3. The number of hydrogen-bond acceptors (Lipinski definition) is 4. The van der Waals surface area contributed by atoms with Crippen LogP contribution < -0.4 is 10.6 Å². The van der Waals surface area contributed by atoms with Crippen LogP contribution in [0.15, 0.2) is 0 Å². The molecule has 1 aliphatic rings. The summed E-state index contributed by atoms with van der Waals surface area (Å²) in [6, 6.07) is -0.169. The van der Waals surface area contributed by atoms with Crippen LogP contribution in [0, 0.1) is 0 Å². The van der Waals surface area contributed by atoms with E-state index in [4.69, 9.17) is 5.11 Å². The molecule has 1 unspecified atom stereocenters. The van der Waals surface area contributed by atoms with Crippen molar-refractivity contribution in [3.8, 4) is 0 Å². The van der Waals surface area contributed by atoms with Crippen LogP contribution in [0.1, 0.15) is 26.2 Å². The third-order valence-corrected chi connectivity index (χ3v) is 2.51. The van der Waals surface area contributed by atoms with Gasteiger partial charge in [-0.15, -0.1) is 0 Å². The molecule has 1 saturated carbocycles. The van der Waals surface area contributed by atoms with Gasteiger partial charge in [0, 0.05) is 12.6 Å². The molecule has 17 heavy (non-hydrogen) atoms. The molecule has 0 radical (unpaired) electrons. The monoisotopic (exact) mass is 243 g/mol. The van der Waals surface area contributed by atoms with E-state index in [-0.39, 0.29) is 24.6 Å². The van der Waals surface area contributed by atoms with Crippen molar-refractivity contribution in [1.82, 2.24) is 15.5 Å². The van der Waals surface area contributed by atoms with Crippen molar-refractivity contribution in [2.75, 3.05) is 20.1 Å². The number of carbonyl (C=O) groups is 2. The number of aliphatic hydroxyl groups excluding tert-OH is 1. The van der Waals surface area contributed by atoms with Crippen molar-refractivity contribution in [2.24, 2.45) is 0 Å². The van der Waals surface area contributed by atoms with Crippen LogP contribution in [0.25, 0.3) is 0 Å². The molecule has 0 spiro atoms. The molecule has 3 N–H and O–H groups in total. The predicted octanol–water partition coefficient (Wildman–Crippen LogP) is -0.323. The molecular formula is C11H21N3O3. The molecule has 1 fully saturated rings. The Morgan fingerprint density at radius 1 is 1.47 bits per heavy atom. The zero-order chi connectivity index (χ0) is 12.8. The average molecular weight is 243 g/mol. The van der Waals surface area contributed by atoms with Gasteiger partial charge in [0.15, 0.2) is 0 Å². The smallest absolute Gasteiger partial charge is 0.321 e. The molecule has 0 aromatic rings. The van der Waals surface area contributed by atoms with Gasteiger partial charge < -0.3 is 10.4 Å². The second-order valence-corrected chi connectivity index (χ2v) is 4.67. The summed E-state index contributed by atoms with van der Waals surface area (Å²) in [6.45, 7) is 2.48. The molecule has 1 rings (SSSR count). The first-order chi connectivity index (χ1) is 7.97.